The van der Waals surface area contributed by atoms with Gasteiger partial charge in [-0.2, -0.15) is 5.26 Å². The summed E-state index contributed by atoms with van der Waals surface area (Å²) in [7, 11) is 0. The lowest BCUT2D eigenvalue weighted by molar-refractivity contribution is 0.0670. The van der Waals surface area contributed by atoms with E-state index in [4.69, 9.17) is 0 Å². The van der Waals surface area contributed by atoms with E-state index >= 15 is 0 Å². The summed E-state index contributed by atoms with van der Waals surface area (Å²) in [5.74, 6) is 0. The van der Waals surface area contributed by atoms with Crippen LogP contribution in [0.4, 0.5) is 0 Å². The van der Waals surface area contributed by atoms with Gasteiger partial charge in [-0.05, 0) is 30.5 Å². The predicted octanol–water partition coefficient (Wildman–Crippen LogP) is 3.57. The van der Waals surface area contributed by atoms with Crippen LogP contribution in [0.2, 0.25) is 0 Å². The Labute approximate surface area is 104 Å². The van der Waals surface area contributed by atoms with E-state index < -0.39 is 11.5 Å². The average Bonchev–Trinajstić information content (AvgIpc) is 2.78. The molecule has 0 spiro atoms. The Bertz CT molecular complexity index is 418. The summed E-state index contributed by atoms with van der Waals surface area (Å²) in [4.78, 5) is 0. The summed E-state index contributed by atoms with van der Waals surface area (Å²) in [6.45, 7) is 0. The van der Waals surface area contributed by atoms with E-state index in [1.54, 1.807) is 0 Å². The first-order chi connectivity index (χ1) is 7.68. The molecule has 1 unspecified atom stereocenters. The van der Waals surface area contributed by atoms with Crippen molar-refractivity contribution in [3.8, 4) is 6.07 Å². The number of aliphatic hydroxyl groups excluding tert-OH is 1. The van der Waals surface area contributed by atoms with Crippen LogP contribution in [-0.2, 0) is 0 Å². The predicted molar refractivity (Wildman–Crippen MR) is 65.6 cm³/mol. The number of nitrogens with zero attached hydrogens (tertiary/aromatic N) is 1. The fourth-order valence-electron chi connectivity index (χ4n) is 2.45. The Kier molecular flexibility index (Phi) is 3.32. The molecule has 1 saturated carbocycles. The molecule has 0 bridgehead atoms. The maximum Gasteiger partial charge on any atom is 0.0976 e. The zero-order valence-electron chi connectivity index (χ0n) is 8.99. The quantitative estimate of drug-likeness (QED) is 0.900. The summed E-state index contributed by atoms with van der Waals surface area (Å²) < 4.78 is 0.940. The molecule has 1 aromatic rings. The van der Waals surface area contributed by atoms with Crippen molar-refractivity contribution in [3.63, 3.8) is 0 Å². The van der Waals surface area contributed by atoms with Gasteiger partial charge in [-0.15, -0.1) is 0 Å². The highest BCUT2D eigenvalue weighted by molar-refractivity contribution is 9.10. The number of nitriles is 1. The molecule has 1 N–H and O–H groups in total. The first kappa shape index (κ1) is 11.6. The van der Waals surface area contributed by atoms with Crippen LogP contribution in [0, 0.1) is 16.7 Å². The molecule has 0 aromatic heterocycles. The van der Waals surface area contributed by atoms with Crippen molar-refractivity contribution < 1.29 is 5.11 Å². The molecule has 2 nitrogen and oxygen atoms in total. The SMILES string of the molecule is N#CC1(C(O)c2cccc(Br)c2)CCCC1. The van der Waals surface area contributed by atoms with Crippen LogP contribution in [0.3, 0.4) is 0 Å². The number of rotatable bonds is 2. The minimum Gasteiger partial charge on any atom is -0.387 e. The Balaban J connectivity index is 2.31. The van der Waals surface area contributed by atoms with Crippen LogP contribution in [0.5, 0.6) is 0 Å². The number of aliphatic hydroxyl groups is 1. The van der Waals surface area contributed by atoms with Crippen LogP contribution >= 0.6 is 15.9 Å². The highest BCUT2D eigenvalue weighted by atomic mass is 79.9. The molecule has 1 atom stereocenters. The zero-order valence-corrected chi connectivity index (χ0v) is 10.6. The van der Waals surface area contributed by atoms with Gasteiger partial charge in [-0.25, -0.2) is 0 Å². The second kappa shape index (κ2) is 4.57. The summed E-state index contributed by atoms with van der Waals surface area (Å²) in [5.41, 5.74) is 0.263. The zero-order chi connectivity index (χ0) is 11.6. The largest absolute Gasteiger partial charge is 0.387 e. The highest BCUT2D eigenvalue weighted by Crippen LogP contribution is 2.47. The normalized spacial score (nSPS) is 20.3. The molecule has 1 aliphatic rings. The monoisotopic (exact) mass is 279 g/mol. The fraction of sp³-hybridized carbons (Fsp3) is 0.462. The van der Waals surface area contributed by atoms with Crippen LogP contribution in [0.15, 0.2) is 28.7 Å². The van der Waals surface area contributed by atoms with Crippen molar-refractivity contribution in [2.45, 2.75) is 31.8 Å². The van der Waals surface area contributed by atoms with Crippen molar-refractivity contribution in [1.82, 2.24) is 0 Å². The number of benzene rings is 1. The number of hydrogen-bond acceptors (Lipinski definition) is 2. The van der Waals surface area contributed by atoms with Gasteiger partial charge in [0.25, 0.3) is 0 Å². The van der Waals surface area contributed by atoms with Gasteiger partial charge in [0.2, 0.25) is 0 Å². The van der Waals surface area contributed by atoms with E-state index in [0.29, 0.717) is 0 Å². The average molecular weight is 280 g/mol. The van der Waals surface area contributed by atoms with Crippen LogP contribution < -0.4 is 0 Å². The Morgan fingerprint density at radius 2 is 2.06 bits per heavy atom. The van der Waals surface area contributed by atoms with Crippen LogP contribution in [0.1, 0.15) is 37.4 Å². The standard InChI is InChI=1S/C13H14BrNO/c14-11-5-3-4-10(8-11)12(16)13(9-15)6-1-2-7-13/h3-5,8,12,16H,1-2,6-7H2. The van der Waals surface area contributed by atoms with Crippen molar-refractivity contribution in [2.24, 2.45) is 5.41 Å². The molecule has 0 amide bonds. The van der Waals surface area contributed by atoms with E-state index in [1.165, 1.54) is 0 Å². The van der Waals surface area contributed by atoms with Crippen LogP contribution in [-0.4, -0.2) is 5.11 Å². The third kappa shape index (κ3) is 2.00. The van der Waals surface area contributed by atoms with Gasteiger partial charge in [0, 0.05) is 4.47 Å². The van der Waals surface area contributed by atoms with Gasteiger partial charge in [-0.3, -0.25) is 0 Å². The minimum atomic E-state index is -0.669. The summed E-state index contributed by atoms with van der Waals surface area (Å²) in [6.07, 6.45) is 3.02. The molecular weight excluding hydrogens is 266 g/mol. The van der Waals surface area contributed by atoms with Gasteiger partial charge < -0.3 is 5.11 Å². The first-order valence-electron chi connectivity index (χ1n) is 5.53. The van der Waals surface area contributed by atoms with E-state index in [-0.39, 0.29) is 0 Å². The molecule has 2 rings (SSSR count). The van der Waals surface area contributed by atoms with E-state index in [2.05, 4.69) is 22.0 Å². The number of halogens is 1. The van der Waals surface area contributed by atoms with Gasteiger partial charge >= 0.3 is 0 Å². The Hall–Kier alpha value is -0.850. The lowest BCUT2D eigenvalue weighted by atomic mass is 9.79. The molecule has 0 saturated heterocycles. The van der Waals surface area contributed by atoms with Gasteiger partial charge in [0.05, 0.1) is 17.6 Å². The van der Waals surface area contributed by atoms with Gasteiger partial charge in [0.15, 0.2) is 0 Å². The molecule has 1 aliphatic carbocycles. The maximum absolute atomic E-state index is 10.4. The topological polar surface area (TPSA) is 44.0 Å². The lowest BCUT2D eigenvalue weighted by Crippen LogP contribution is -2.23. The van der Waals surface area contributed by atoms with E-state index in [1.807, 2.05) is 24.3 Å². The second-order valence-electron chi connectivity index (χ2n) is 4.43. The summed E-state index contributed by atoms with van der Waals surface area (Å²) in [5, 5.41) is 19.6. The third-order valence-electron chi connectivity index (χ3n) is 3.41. The van der Waals surface area contributed by atoms with Crippen molar-refractivity contribution >= 4 is 15.9 Å². The first-order valence-corrected chi connectivity index (χ1v) is 6.32. The van der Waals surface area contributed by atoms with E-state index in [0.717, 1.165) is 35.7 Å². The molecule has 1 aromatic carbocycles. The van der Waals surface area contributed by atoms with Gasteiger partial charge in [-0.1, -0.05) is 40.9 Å². The summed E-state index contributed by atoms with van der Waals surface area (Å²) in [6, 6.07) is 9.91. The number of hydrogen-bond donors (Lipinski definition) is 1. The van der Waals surface area contributed by atoms with Crippen molar-refractivity contribution in [2.75, 3.05) is 0 Å². The molecular formula is C13H14BrNO. The molecule has 16 heavy (non-hydrogen) atoms. The molecule has 0 aliphatic heterocycles. The lowest BCUT2D eigenvalue weighted by Gasteiger charge is -2.27. The van der Waals surface area contributed by atoms with Crippen molar-refractivity contribution in [1.29, 1.82) is 5.26 Å². The molecule has 1 fully saturated rings. The third-order valence-corrected chi connectivity index (χ3v) is 3.90. The minimum absolute atomic E-state index is 0.569. The molecule has 84 valence electrons. The Morgan fingerprint density at radius 1 is 1.38 bits per heavy atom. The van der Waals surface area contributed by atoms with Crippen molar-refractivity contribution in [3.05, 3.63) is 34.3 Å². The second-order valence-corrected chi connectivity index (χ2v) is 5.35. The summed E-state index contributed by atoms with van der Waals surface area (Å²) >= 11 is 3.38. The Morgan fingerprint density at radius 3 is 2.62 bits per heavy atom. The molecule has 0 radical (unpaired) electrons. The molecule has 3 heteroatoms. The fourth-order valence-corrected chi connectivity index (χ4v) is 2.86. The van der Waals surface area contributed by atoms with Crippen LogP contribution in [0.25, 0.3) is 0 Å². The highest BCUT2D eigenvalue weighted by Gasteiger charge is 2.41. The van der Waals surface area contributed by atoms with Gasteiger partial charge in [0.1, 0.15) is 0 Å². The smallest absolute Gasteiger partial charge is 0.0976 e. The molecule has 0 heterocycles. The van der Waals surface area contributed by atoms with E-state index in [9.17, 15) is 10.4 Å². The maximum atomic E-state index is 10.4.